The number of rotatable bonds is 9. The van der Waals surface area contributed by atoms with E-state index in [9.17, 15) is 27.6 Å². The van der Waals surface area contributed by atoms with Gasteiger partial charge >= 0.3 is 0 Å². The first-order valence-electron chi connectivity index (χ1n) is 12.1. The monoisotopic (exact) mass is 610 g/mol. The molecule has 0 aromatic heterocycles. The average molecular weight is 611 g/mol. The van der Waals surface area contributed by atoms with E-state index in [1.165, 1.54) is 36.0 Å². The molecule has 10 heteroatoms. The van der Waals surface area contributed by atoms with E-state index in [1.54, 1.807) is 60.7 Å². The van der Waals surface area contributed by atoms with Crippen molar-refractivity contribution in [1.29, 1.82) is 0 Å². The fraction of sp³-hybridized carbons (Fsp3) is 0. The first-order valence-corrected chi connectivity index (χ1v) is 15.7. The van der Waals surface area contributed by atoms with Crippen molar-refractivity contribution in [3.63, 3.8) is 0 Å². The summed E-state index contributed by atoms with van der Waals surface area (Å²) >= 11 is 1.33. The summed E-state index contributed by atoms with van der Waals surface area (Å²) in [7, 11) is -8.25. The van der Waals surface area contributed by atoms with E-state index in [1.807, 2.05) is 18.2 Å². The standard InChI is InChI=1S/C31H21ClF2O5S2/c33-23-10-16-26(17-11-23)41(39-32(36,37)38,27-18-12-24(34)13-19-27)28-20-14-25(15-21-28)40-30-9-5-4-8-29(30)31(35)22-6-2-1-3-7-22/h1-21H. The molecule has 0 fully saturated rings. The van der Waals surface area contributed by atoms with Crippen LogP contribution >= 0.6 is 22.1 Å². The third-order valence-corrected chi connectivity index (χ3v) is 11.3. The molecule has 5 rings (SSSR count). The first-order chi connectivity index (χ1) is 19.7. The molecule has 0 amide bonds. The van der Waals surface area contributed by atoms with Gasteiger partial charge in [0.05, 0.1) is 20.6 Å². The van der Waals surface area contributed by atoms with Crippen LogP contribution in [0.15, 0.2) is 152 Å². The van der Waals surface area contributed by atoms with Crippen LogP contribution in [-0.4, -0.2) is 5.78 Å². The van der Waals surface area contributed by atoms with E-state index in [-0.39, 0.29) is 15.6 Å². The molecule has 0 aliphatic rings. The zero-order chi connectivity index (χ0) is 29.0. The maximum absolute atomic E-state index is 13.8. The number of ketones is 1. The van der Waals surface area contributed by atoms with Gasteiger partial charge in [-0.1, -0.05) is 54.2 Å². The molecule has 0 N–H and O–H groups in total. The van der Waals surface area contributed by atoms with Crippen LogP contribution < -0.4 is 14.0 Å². The van der Waals surface area contributed by atoms with Gasteiger partial charge in [-0.3, -0.25) is 4.79 Å². The Kier molecular flexibility index (Phi) is 8.58. The maximum Gasteiger partial charge on any atom is 0.194 e. The Morgan fingerprint density at radius 2 is 1.10 bits per heavy atom. The molecular weight excluding hydrogens is 590 g/mol. The van der Waals surface area contributed by atoms with Crippen molar-refractivity contribution in [3.8, 4) is 0 Å². The number of hydrogen-bond acceptors (Lipinski definition) is 6. The van der Waals surface area contributed by atoms with Crippen molar-refractivity contribution < 1.29 is 41.5 Å². The Hall–Kier alpha value is -3.54. The Labute approximate surface area is 243 Å². The van der Waals surface area contributed by atoms with Gasteiger partial charge in [0.2, 0.25) is 0 Å². The number of benzene rings is 5. The van der Waals surface area contributed by atoms with Crippen molar-refractivity contribution in [2.75, 3.05) is 0 Å². The molecule has 208 valence electrons. The third kappa shape index (κ3) is 6.52. The number of hydrogen-bond donors (Lipinski definition) is 0. The molecule has 5 nitrogen and oxygen atoms in total. The van der Waals surface area contributed by atoms with Crippen LogP contribution in [0, 0.1) is 21.9 Å². The minimum absolute atomic E-state index is 0.130. The second-order valence-corrected chi connectivity index (χ2v) is 13.6. The SMILES string of the molecule is O=C(c1ccccc1)c1ccccc1Sc1ccc(S(O[Cl+3]([O-])([O-])[O-])(c2ccc(F)cc2)c2ccc(F)cc2)cc1. The van der Waals surface area contributed by atoms with E-state index in [4.69, 9.17) is 3.74 Å². The summed E-state index contributed by atoms with van der Waals surface area (Å²) in [5.74, 6) is -1.27. The molecule has 0 spiro atoms. The van der Waals surface area contributed by atoms with Crippen LogP contribution in [0.4, 0.5) is 8.78 Å². The summed E-state index contributed by atoms with van der Waals surface area (Å²) in [5, 5.41) is 0. The van der Waals surface area contributed by atoms with Crippen molar-refractivity contribution in [2.45, 2.75) is 24.5 Å². The highest BCUT2D eigenvalue weighted by atomic mass is 35.7. The number of halogens is 3. The van der Waals surface area contributed by atoms with Gasteiger partial charge in [0, 0.05) is 35.6 Å². The van der Waals surface area contributed by atoms with Gasteiger partial charge in [0.1, 0.15) is 15.4 Å². The topological polar surface area (TPSA) is 95.5 Å². The van der Waals surface area contributed by atoms with Crippen LogP contribution in [0.3, 0.4) is 0 Å². The fourth-order valence-corrected chi connectivity index (χ4v) is 9.32. The highest BCUT2D eigenvalue weighted by molar-refractivity contribution is 8.29. The lowest BCUT2D eigenvalue weighted by molar-refractivity contribution is -1.91. The third-order valence-electron chi connectivity index (χ3n) is 6.01. The molecule has 0 aliphatic carbocycles. The summed E-state index contributed by atoms with van der Waals surface area (Å²) in [6.07, 6.45) is 0. The Morgan fingerprint density at radius 1 is 0.634 bits per heavy atom. The van der Waals surface area contributed by atoms with Crippen LogP contribution in [0.25, 0.3) is 0 Å². The molecule has 0 saturated heterocycles. The zero-order valence-corrected chi connectivity index (χ0v) is 23.5. The molecule has 0 atom stereocenters. The number of carbonyl (C=O) groups is 1. The average Bonchev–Trinajstić information content (AvgIpc) is 2.97. The van der Waals surface area contributed by atoms with Crippen LogP contribution in [0.1, 0.15) is 15.9 Å². The highest BCUT2D eigenvalue weighted by Crippen LogP contribution is 2.70. The summed E-state index contributed by atoms with van der Waals surface area (Å²) in [4.78, 5) is 15.3. The molecule has 41 heavy (non-hydrogen) atoms. The van der Waals surface area contributed by atoms with Crippen LogP contribution in [-0.2, 0) is 3.74 Å². The molecule has 0 saturated carbocycles. The molecule has 0 aliphatic heterocycles. The normalized spacial score (nSPS) is 12.2. The minimum atomic E-state index is -4.97. The zero-order valence-electron chi connectivity index (χ0n) is 21.1. The second kappa shape index (κ2) is 12.1. The van der Waals surface area contributed by atoms with E-state index < -0.39 is 32.2 Å². The highest BCUT2D eigenvalue weighted by Gasteiger charge is 2.46. The first kappa shape index (κ1) is 29.0. The van der Waals surface area contributed by atoms with Gasteiger partial charge in [-0.2, -0.15) is 14.0 Å². The lowest BCUT2D eigenvalue weighted by atomic mass is 10.0. The second-order valence-electron chi connectivity index (χ2n) is 8.67. The van der Waals surface area contributed by atoms with Gasteiger partial charge in [-0.05, 0) is 84.9 Å². The predicted molar refractivity (Wildman–Crippen MR) is 143 cm³/mol. The van der Waals surface area contributed by atoms with Gasteiger partial charge < -0.3 is 0 Å². The van der Waals surface area contributed by atoms with E-state index in [0.29, 0.717) is 20.9 Å². The molecule has 5 aromatic carbocycles. The van der Waals surface area contributed by atoms with E-state index in [0.717, 1.165) is 29.2 Å². The van der Waals surface area contributed by atoms with Crippen molar-refractivity contribution in [3.05, 3.63) is 150 Å². The smallest absolute Gasteiger partial charge is 0.194 e. The summed E-state index contributed by atoms with van der Waals surface area (Å²) in [6, 6.07) is 32.6. The Morgan fingerprint density at radius 3 is 1.61 bits per heavy atom. The largest absolute Gasteiger partial charge is 0.289 e. The van der Waals surface area contributed by atoms with Crippen molar-refractivity contribution >= 4 is 27.9 Å². The predicted octanol–water partition coefficient (Wildman–Crippen LogP) is 5.46. The van der Waals surface area contributed by atoms with Gasteiger partial charge in [0.25, 0.3) is 0 Å². The lowest BCUT2D eigenvalue weighted by Crippen LogP contribution is -2.61. The summed E-state index contributed by atoms with van der Waals surface area (Å²) in [5.41, 5.74) is 1.07. The fourth-order valence-electron chi connectivity index (χ4n) is 4.20. The van der Waals surface area contributed by atoms with Crippen LogP contribution in [0.2, 0.25) is 0 Å². The van der Waals surface area contributed by atoms with Gasteiger partial charge in [0.15, 0.2) is 5.78 Å². The van der Waals surface area contributed by atoms with Gasteiger partial charge in [-0.15, -0.1) is 0 Å². The Balaban J connectivity index is 1.57. The van der Waals surface area contributed by atoms with Gasteiger partial charge in [-0.25, -0.2) is 8.78 Å². The van der Waals surface area contributed by atoms with E-state index in [2.05, 4.69) is 0 Å². The summed E-state index contributed by atoms with van der Waals surface area (Å²) < 4.78 is 69.1. The molecule has 0 unspecified atom stereocenters. The van der Waals surface area contributed by atoms with Crippen LogP contribution in [0.5, 0.6) is 0 Å². The summed E-state index contributed by atoms with van der Waals surface area (Å²) in [6.45, 7) is 0. The Bertz CT molecular complexity index is 1600. The molecule has 5 aromatic rings. The quantitative estimate of drug-likeness (QED) is 0.206. The molecule has 0 heterocycles. The molecule has 0 radical (unpaired) electrons. The minimum Gasteiger partial charge on any atom is -0.289 e. The molecule has 0 bridgehead atoms. The maximum atomic E-state index is 13.8. The number of carbonyl (C=O) groups excluding carboxylic acids is 1. The van der Waals surface area contributed by atoms with E-state index >= 15 is 0 Å². The van der Waals surface area contributed by atoms with Crippen molar-refractivity contribution in [1.82, 2.24) is 0 Å². The lowest BCUT2D eigenvalue weighted by Gasteiger charge is -2.34. The molecular formula is C31H21ClF2O5S2. The van der Waals surface area contributed by atoms with Crippen molar-refractivity contribution in [2.24, 2.45) is 0 Å².